The van der Waals surface area contributed by atoms with Crippen molar-refractivity contribution in [3.8, 4) is 0 Å². The first-order valence-corrected chi connectivity index (χ1v) is 5.98. The first kappa shape index (κ1) is 20.5. The van der Waals surface area contributed by atoms with E-state index in [-0.39, 0.29) is 29.6 Å². The molecular weight excluding hydrogens is 293 g/mol. The maximum atomic E-state index is 11.2. The normalized spacial score (nSPS) is 11.7. The maximum Gasteiger partial charge on any atom is 1.00 e. The number of rotatable bonds is 4. The molecule has 11 heteroatoms. The van der Waals surface area contributed by atoms with Gasteiger partial charge in [-0.15, -0.1) is 0 Å². The van der Waals surface area contributed by atoms with Crippen LogP contribution in [0.15, 0.2) is 0 Å². The van der Waals surface area contributed by atoms with Crippen LogP contribution in [0.5, 0.6) is 0 Å². The Morgan fingerprint density at radius 2 is 1.58 bits per heavy atom. The fourth-order valence-corrected chi connectivity index (χ4v) is 1.55. The van der Waals surface area contributed by atoms with Crippen molar-refractivity contribution in [2.75, 3.05) is 0 Å². The monoisotopic (exact) mass is 304 g/mol. The molecule has 0 spiro atoms. The second-order valence-corrected chi connectivity index (χ2v) is 4.74. The van der Waals surface area contributed by atoms with Gasteiger partial charge in [-0.05, 0) is 0 Å². The summed E-state index contributed by atoms with van der Waals surface area (Å²) in [4.78, 5) is 32.2. The van der Waals surface area contributed by atoms with E-state index in [4.69, 9.17) is 9.96 Å². The minimum atomic E-state index is -4.90. The van der Waals surface area contributed by atoms with Crippen molar-refractivity contribution in [1.82, 2.24) is 0 Å². The molecule has 0 amide bonds. The molecule has 0 heterocycles. The summed E-state index contributed by atoms with van der Waals surface area (Å²) in [5.74, 6) is -4.38. The van der Waals surface area contributed by atoms with Gasteiger partial charge in [-0.25, -0.2) is 0 Å². The van der Waals surface area contributed by atoms with Crippen molar-refractivity contribution < 1.29 is 66.4 Å². The van der Waals surface area contributed by atoms with E-state index in [1.807, 2.05) is 0 Å². The molecule has 9 nitrogen and oxygen atoms in total. The molecule has 0 saturated carbocycles. The molecule has 0 aromatic rings. The zero-order chi connectivity index (χ0) is 14.5. The fraction of sp³-hybridized carbons (Fsp3) is 0.500. The molecule has 2 N–H and O–H groups in total. The molecule has 0 aliphatic rings. The predicted octanol–water partition coefficient (Wildman–Crippen LogP) is -3.73. The second-order valence-electron chi connectivity index (χ2n) is 3.14. The topological polar surface area (TPSA) is 148 Å². The standard InChI is InChI=1S/C8H11NO8S.Na/c1-4(10)16-7(9)3-6(18(13,14)15)8(12)17-5(2)11;/h6,9H,3H2,1-2H3,(H,13,14,15);/q;+1. The summed E-state index contributed by atoms with van der Waals surface area (Å²) in [5, 5.41) is 4.89. The third-order valence-corrected chi connectivity index (χ3v) is 2.58. The van der Waals surface area contributed by atoms with Gasteiger partial charge in [0.1, 0.15) is 0 Å². The molecule has 0 rings (SSSR count). The zero-order valence-corrected chi connectivity index (χ0v) is 13.3. The van der Waals surface area contributed by atoms with E-state index in [2.05, 4.69) is 9.47 Å². The number of ether oxygens (including phenoxy) is 2. The average molecular weight is 304 g/mol. The van der Waals surface area contributed by atoms with Gasteiger partial charge < -0.3 is 9.47 Å². The van der Waals surface area contributed by atoms with E-state index in [0.717, 1.165) is 13.8 Å². The Morgan fingerprint density at radius 1 is 1.16 bits per heavy atom. The molecule has 19 heavy (non-hydrogen) atoms. The summed E-state index contributed by atoms with van der Waals surface area (Å²) >= 11 is 0. The van der Waals surface area contributed by atoms with E-state index in [9.17, 15) is 22.8 Å². The Hall–Kier alpha value is -0.810. The van der Waals surface area contributed by atoms with Gasteiger partial charge in [-0.1, -0.05) is 0 Å². The molecule has 1 atom stereocenters. The van der Waals surface area contributed by atoms with Crippen LogP contribution in [0.25, 0.3) is 0 Å². The third kappa shape index (κ3) is 8.83. The Morgan fingerprint density at radius 3 is 1.89 bits per heavy atom. The van der Waals surface area contributed by atoms with Crippen LogP contribution in [0.3, 0.4) is 0 Å². The zero-order valence-electron chi connectivity index (χ0n) is 10.5. The van der Waals surface area contributed by atoms with Gasteiger partial charge in [0, 0.05) is 13.8 Å². The predicted molar refractivity (Wildman–Crippen MR) is 56.2 cm³/mol. The average Bonchev–Trinajstić information content (AvgIpc) is 2.09. The van der Waals surface area contributed by atoms with Crippen molar-refractivity contribution in [1.29, 1.82) is 5.41 Å². The number of hydrogen-bond acceptors (Lipinski definition) is 8. The van der Waals surface area contributed by atoms with Crippen LogP contribution in [0.2, 0.25) is 0 Å². The van der Waals surface area contributed by atoms with Crippen molar-refractivity contribution in [3.63, 3.8) is 0 Å². The van der Waals surface area contributed by atoms with Gasteiger partial charge in [0.15, 0.2) is 11.1 Å². The number of carbonyl (C=O) groups excluding carboxylic acids is 3. The molecular formula is C8H11NNaO8S+. The van der Waals surface area contributed by atoms with Crippen molar-refractivity contribution in [2.45, 2.75) is 25.5 Å². The quantitative estimate of drug-likeness (QED) is 0.134. The maximum absolute atomic E-state index is 11.2. The van der Waals surface area contributed by atoms with Crippen LogP contribution in [-0.2, 0) is 34.0 Å². The van der Waals surface area contributed by atoms with E-state index in [1.165, 1.54) is 0 Å². The van der Waals surface area contributed by atoms with Crippen LogP contribution in [0, 0.1) is 5.41 Å². The van der Waals surface area contributed by atoms with Crippen molar-refractivity contribution in [3.05, 3.63) is 0 Å². The van der Waals surface area contributed by atoms with Gasteiger partial charge in [-0.3, -0.25) is 24.3 Å². The van der Waals surface area contributed by atoms with E-state index < -0.39 is 45.6 Å². The summed E-state index contributed by atoms with van der Waals surface area (Å²) < 4.78 is 38.7. The molecule has 0 aliphatic heterocycles. The van der Waals surface area contributed by atoms with Gasteiger partial charge in [0.05, 0.1) is 6.42 Å². The van der Waals surface area contributed by atoms with Gasteiger partial charge in [0.25, 0.3) is 10.1 Å². The van der Waals surface area contributed by atoms with Crippen molar-refractivity contribution >= 4 is 33.9 Å². The third-order valence-electron chi connectivity index (χ3n) is 1.50. The summed E-state index contributed by atoms with van der Waals surface area (Å²) in [6.45, 7) is 1.82. The first-order chi connectivity index (χ1) is 8.04. The van der Waals surface area contributed by atoms with Crippen LogP contribution >= 0.6 is 0 Å². The van der Waals surface area contributed by atoms with Crippen LogP contribution in [0.1, 0.15) is 20.3 Å². The Labute approximate surface area is 131 Å². The van der Waals surface area contributed by atoms with Gasteiger partial charge >= 0.3 is 47.5 Å². The molecule has 102 valence electrons. The van der Waals surface area contributed by atoms with Crippen LogP contribution < -0.4 is 29.6 Å². The summed E-state index contributed by atoms with van der Waals surface area (Å²) in [6.07, 6.45) is -0.926. The molecule has 0 radical (unpaired) electrons. The van der Waals surface area contributed by atoms with Crippen LogP contribution in [0.4, 0.5) is 0 Å². The summed E-state index contributed by atoms with van der Waals surface area (Å²) in [5.41, 5.74) is 0. The minimum Gasteiger partial charge on any atom is -0.412 e. The SMILES string of the molecule is CC(=O)OC(=N)CC(C(=O)OC(C)=O)S(=O)(=O)O.[Na+]. The number of nitrogens with one attached hydrogen (secondary N) is 1. The number of hydrogen-bond donors (Lipinski definition) is 2. The Kier molecular flexibility index (Phi) is 9.04. The molecule has 0 aromatic heterocycles. The molecule has 0 saturated heterocycles. The van der Waals surface area contributed by atoms with E-state index in [0.29, 0.717) is 0 Å². The van der Waals surface area contributed by atoms with Gasteiger partial charge in [0.2, 0.25) is 0 Å². The number of carbonyl (C=O) groups is 3. The number of esters is 3. The van der Waals surface area contributed by atoms with E-state index >= 15 is 0 Å². The fourth-order valence-electron chi connectivity index (χ4n) is 0.901. The van der Waals surface area contributed by atoms with Crippen molar-refractivity contribution in [2.24, 2.45) is 0 Å². The summed E-state index contributed by atoms with van der Waals surface area (Å²) in [7, 11) is -4.90. The Bertz CT molecular complexity index is 485. The summed E-state index contributed by atoms with van der Waals surface area (Å²) in [6, 6.07) is 0. The molecule has 0 aliphatic carbocycles. The van der Waals surface area contributed by atoms with Crippen LogP contribution in [-0.4, -0.2) is 42.0 Å². The van der Waals surface area contributed by atoms with E-state index in [1.54, 1.807) is 0 Å². The molecule has 1 unspecified atom stereocenters. The Balaban J connectivity index is 0. The second kappa shape index (κ2) is 8.38. The molecule has 0 aromatic carbocycles. The molecule has 0 bridgehead atoms. The largest absolute Gasteiger partial charge is 1.00 e. The molecule has 0 fully saturated rings. The van der Waals surface area contributed by atoms with Gasteiger partial charge in [-0.2, -0.15) is 8.42 Å². The minimum absolute atomic E-state index is 0. The smallest absolute Gasteiger partial charge is 0.412 e. The first-order valence-electron chi connectivity index (χ1n) is 4.48.